The fraction of sp³-hybridized carbons (Fsp3) is 0.517. The number of nitrogens with zero attached hydrogens (tertiary/aromatic N) is 2. The minimum absolute atomic E-state index is 0.0314. The van der Waals surface area contributed by atoms with Crippen LogP contribution in [-0.2, 0) is 14.3 Å². The van der Waals surface area contributed by atoms with Crippen molar-refractivity contribution in [1.82, 2.24) is 5.32 Å². The van der Waals surface area contributed by atoms with Crippen LogP contribution in [-0.4, -0.2) is 69.9 Å². The maximum atomic E-state index is 14.0. The third-order valence-corrected chi connectivity index (χ3v) is 5.60. The summed E-state index contributed by atoms with van der Waals surface area (Å²) in [6.45, 7) is 10.3. The van der Waals surface area contributed by atoms with Crippen molar-refractivity contribution in [3.05, 3.63) is 47.5 Å². The van der Waals surface area contributed by atoms with Gasteiger partial charge < -0.3 is 24.8 Å². The van der Waals surface area contributed by atoms with E-state index in [-0.39, 0.29) is 45.1 Å². The van der Waals surface area contributed by atoms with Crippen LogP contribution >= 0.6 is 0 Å². The highest BCUT2D eigenvalue weighted by Crippen LogP contribution is 2.38. The van der Waals surface area contributed by atoms with Gasteiger partial charge >= 0.3 is 6.18 Å². The first-order chi connectivity index (χ1) is 18.8. The first-order valence-electron chi connectivity index (χ1n) is 13.4. The molecule has 1 amide bonds. The Kier molecular flexibility index (Phi) is 15.8. The van der Waals surface area contributed by atoms with Crippen molar-refractivity contribution in [2.75, 3.05) is 57.6 Å². The summed E-state index contributed by atoms with van der Waals surface area (Å²) < 4.78 is 52.2. The van der Waals surface area contributed by atoms with Gasteiger partial charge in [0.05, 0.1) is 38.6 Å². The minimum atomic E-state index is -4.91. The molecule has 0 saturated carbocycles. The number of carbonyl (C=O) groups excluding carboxylic acids is 1. The number of rotatable bonds is 11. The van der Waals surface area contributed by atoms with Crippen molar-refractivity contribution in [3.63, 3.8) is 0 Å². The van der Waals surface area contributed by atoms with E-state index in [2.05, 4.69) is 10.2 Å². The number of ether oxygens (including phenoxy) is 2. The van der Waals surface area contributed by atoms with Gasteiger partial charge in [-0.1, -0.05) is 45.9 Å². The largest absolute Gasteiger partial charge is 0.418 e. The lowest BCUT2D eigenvalue weighted by Crippen LogP contribution is -2.30. The van der Waals surface area contributed by atoms with Gasteiger partial charge in [0.1, 0.15) is 11.6 Å². The number of amides is 1. The first kappa shape index (κ1) is 33.9. The summed E-state index contributed by atoms with van der Waals surface area (Å²) in [4.78, 5) is 14.7. The van der Waals surface area contributed by atoms with Gasteiger partial charge in [-0.15, -0.1) is 0 Å². The van der Waals surface area contributed by atoms with Crippen LogP contribution in [0.25, 0.3) is 16.3 Å². The Labute approximate surface area is 229 Å². The number of anilines is 1. The average molecular weight is 552 g/mol. The molecule has 1 fully saturated rings. The molecule has 0 spiro atoms. The third kappa shape index (κ3) is 10.5. The van der Waals surface area contributed by atoms with Gasteiger partial charge in [0.25, 0.3) is 5.91 Å². The van der Waals surface area contributed by atoms with Crippen LogP contribution in [0.4, 0.5) is 18.9 Å². The lowest BCUT2D eigenvalue weighted by atomic mass is 9.96. The summed E-state index contributed by atoms with van der Waals surface area (Å²) in [5.41, 5.74) is -1.50. The highest BCUT2D eigenvalue weighted by Gasteiger charge is 2.39. The SMILES string of the molecule is CC.CC.N#C/C(C(=O)NCCOCCOCCO)=C(\c1ccc2cc(N3CCCC3)ccc2c1)C(F)(F)F. The highest BCUT2D eigenvalue weighted by atomic mass is 19.4. The number of aliphatic hydroxyl groups excluding tert-OH is 1. The molecule has 0 aliphatic carbocycles. The van der Waals surface area contributed by atoms with Crippen molar-refractivity contribution in [1.29, 1.82) is 5.26 Å². The summed E-state index contributed by atoms with van der Waals surface area (Å²) in [5.74, 6) is -1.12. The van der Waals surface area contributed by atoms with E-state index < -0.39 is 23.2 Å². The number of nitriles is 1. The molecule has 0 bridgehead atoms. The van der Waals surface area contributed by atoms with Crippen molar-refractivity contribution < 1.29 is 32.5 Å². The molecular weight excluding hydrogens is 511 g/mol. The number of carbonyl (C=O) groups is 1. The first-order valence-corrected chi connectivity index (χ1v) is 13.4. The monoisotopic (exact) mass is 551 g/mol. The lowest BCUT2D eigenvalue weighted by molar-refractivity contribution is -0.117. The van der Waals surface area contributed by atoms with Gasteiger partial charge in [-0.05, 0) is 47.4 Å². The Morgan fingerprint density at radius 2 is 1.56 bits per heavy atom. The summed E-state index contributed by atoms with van der Waals surface area (Å²) in [6.07, 6.45) is -2.69. The van der Waals surface area contributed by atoms with Crippen molar-refractivity contribution in [2.24, 2.45) is 0 Å². The number of fused-ring (bicyclic) bond motifs is 1. The zero-order valence-electron chi connectivity index (χ0n) is 23.2. The molecular formula is C29H40F3N3O4. The molecule has 2 N–H and O–H groups in total. The number of nitrogens with one attached hydrogen (secondary N) is 1. The predicted molar refractivity (Wildman–Crippen MR) is 148 cm³/mol. The summed E-state index contributed by atoms with van der Waals surface area (Å²) >= 11 is 0. The molecule has 2 aromatic carbocycles. The maximum Gasteiger partial charge on any atom is 0.418 e. The van der Waals surface area contributed by atoms with E-state index in [4.69, 9.17) is 14.6 Å². The molecule has 0 atom stereocenters. The minimum Gasteiger partial charge on any atom is -0.394 e. The second-order valence-electron chi connectivity index (χ2n) is 8.00. The van der Waals surface area contributed by atoms with Crippen LogP contribution < -0.4 is 10.2 Å². The molecule has 1 aliphatic heterocycles. The number of halogens is 3. The molecule has 0 unspecified atom stereocenters. The Morgan fingerprint density at radius 1 is 0.974 bits per heavy atom. The van der Waals surface area contributed by atoms with Gasteiger partial charge in [0, 0.05) is 25.3 Å². The topological polar surface area (TPSA) is 94.8 Å². The number of benzene rings is 2. The molecule has 216 valence electrons. The van der Waals surface area contributed by atoms with Gasteiger partial charge in [-0.2, -0.15) is 18.4 Å². The van der Waals surface area contributed by atoms with Crippen LogP contribution in [0.1, 0.15) is 46.1 Å². The van der Waals surface area contributed by atoms with E-state index in [1.165, 1.54) is 18.2 Å². The third-order valence-electron chi connectivity index (χ3n) is 5.60. The lowest BCUT2D eigenvalue weighted by Gasteiger charge is -2.19. The highest BCUT2D eigenvalue weighted by molar-refractivity contribution is 6.06. The molecule has 7 nitrogen and oxygen atoms in total. The van der Waals surface area contributed by atoms with Gasteiger partial charge in [-0.3, -0.25) is 4.79 Å². The van der Waals surface area contributed by atoms with Crippen LogP contribution in [0, 0.1) is 11.3 Å². The van der Waals surface area contributed by atoms with Crippen molar-refractivity contribution >= 4 is 27.9 Å². The quantitative estimate of drug-likeness (QED) is 0.218. The Bertz CT molecular complexity index is 1090. The van der Waals surface area contributed by atoms with E-state index >= 15 is 0 Å². The van der Waals surface area contributed by atoms with Crippen LogP contribution in [0.15, 0.2) is 42.0 Å². The molecule has 1 aliphatic rings. The maximum absolute atomic E-state index is 14.0. The normalized spacial score (nSPS) is 13.5. The summed E-state index contributed by atoms with van der Waals surface area (Å²) in [5, 5.41) is 21.7. The average Bonchev–Trinajstić information content (AvgIpc) is 3.49. The standard InChI is InChI=1S/C25H28F3N3O4.2C2H6/c26-25(27,28)23(22(17-29)24(33)30-7-11-34-13-14-35-12-10-32)20-4-3-19-16-21(6-5-18(19)15-20)31-8-1-2-9-31;2*1-2/h3-6,15-16,32H,1-2,7-14H2,(H,30,33);2*1-2H3/b23-22-;;. The number of allylic oxidation sites excluding steroid dienone is 1. The summed E-state index contributed by atoms with van der Waals surface area (Å²) in [6, 6.07) is 11.2. The van der Waals surface area contributed by atoms with Crippen molar-refractivity contribution in [3.8, 4) is 6.07 Å². The van der Waals surface area contributed by atoms with Gasteiger partial charge in [0.15, 0.2) is 0 Å². The van der Waals surface area contributed by atoms with E-state index in [0.29, 0.717) is 5.39 Å². The molecule has 2 aromatic rings. The predicted octanol–water partition coefficient (Wildman–Crippen LogP) is 5.47. The molecule has 10 heteroatoms. The molecule has 0 aromatic heterocycles. The molecule has 39 heavy (non-hydrogen) atoms. The van der Waals surface area contributed by atoms with E-state index in [0.717, 1.165) is 37.0 Å². The molecule has 0 radical (unpaired) electrons. The van der Waals surface area contributed by atoms with E-state index in [1.54, 1.807) is 12.1 Å². The van der Waals surface area contributed by atoms with Crippen LogP contribution in [0.2, 0.25) is 0 Å². The summed E-state index contributed by atoms with van der Waals surface area (Å²) in [7, 11) is 0. The Hall–Kier alpha value is -3.13. The van der Waals surface area contributed by atoms with Crippen molar-refractivity contribution in [2.45, 2.75) is 46.7 Å². The fourth-order valence-electron chi connectivity index (χ4n) is 3.94. The van der Waals surface area contributed by atoms with Crippen LogP contribution in [0.3, 0.4) is 0 Å². The van der Waals surface area contributed by atoms with Gasteiger partial charge in [0.2, 0.25) is 0 Å². The molecule has 1 heterocycles. The fourth-order valence-corrected chi connectivity index (χ4v) is 3.94. The number of alkyl halides is 3. The second-order valence-corrected chi connectivity index (χ2v) is 8.00. The number of hydrogen-bond acceptors (Lipinski definition) is 6. The Morgan fingerprint density at radius 3 is 2.15 bits per heavy atom. The van der Waals surface area contributed by atoms with E-state index in [1.807, 2.05) is 39.8 Å². The smallest absolute Gasteiger partial charge is 0.394 e. The number of hydrogen-bond donors (Lipinski definition) is 2. The molecule has 3 rings (SSSR count). The number of aliphatic hydroxyl groups is 1. The van der Waals surface area contributed by atoms with Crippen LogP contribution in [0.5, 0.6) is 0 Å². The second kappa shape index (κ2) is 18.2. The zero-order chi connectivity index (χ0) is 29.3. The molecule has 1 saturated heterocycles. The Balaban J connectivity index is 0.00000181. The zero-order valence-corrected chi connectivity index (χ0v) is 23.2. The van der Waals surface area contributed by atoms with Gasteiger partial charge in [-0.25, -0.2) is 0 Å². The van der Waals surface area contributed by atoms with E-state index in [9.17, 15) is 23.2 Å².